The molecule has 2 rings (SSSR count). The zero-order valence-corrected chi connectivity index (χ0v) is 17.7. The molecular formula is C24H31N3O3. The van der Waals surface area contributed by atoms with Crippen LogP contribution in [0.5, 0.6) is 0 Å². The molecule has 0 fully saturated rings. The number of nitrogens with zero attached hydrogens (tertiary/aromatic N) is 1. The van der Waals surface area contributed by atoms with E-state index in [1.165, 1.54) is 5.56 Å². The quantitative estimate of drug-likeness (QED) is 0.361. The molecule has 0 spiro atoms. The van der Waals surface area contributed by atoms with E-state index < -0.39 is 5.97 Å². The maximum absolute atomic E-state index is 12.4. The number of nitrogens with one attached hydrogen (secondary N) is 2. The van der Waals surface area contributed by atoms with E-state index in [2.05, 4.69) is 27.8 Å². The number of unbranched alkanes of at least 4 members (excludes halogenated alkanes) is 1. The third-order valence-electron chi connectivity index (χ3n) is 4.65. The van der Waals surface area contributed by atoms with Crippen LogP contribution in [0, 0.1) is 0 Å². The van der Waals surface area contributed by atoms with Crippen LogP contribution >= 0.6 is 0 Å². The molecule has 0 aliphatic heterocycles. The molecule has 0 radical (unpaired) electrons. The van der Waals surface area contributed by atoms with Gasteiger partial charge in [0.05, 0.1) is 12.5 Å². The normalized spacial score (nSPS) is 12.4. The molecule has 0 saturated heterocycles. The van der Waals surface area contributed by atoms with E-state index in [0.29, 0.717) is 17.8 Å². The largest absolute Gasteiger partial charge is 0.481 e. The second-order valence-electron chi connectivity index (χ2n) is 7.37. The van der Waals surface area contributed by atoms with Crippen molar-refractivity contribution in [3.05, 3.63) is 65.7 Å². The van der Waals surface area contributed by atoms with Crippen molar-refractivity contribution in [1.29, 1.82) is 0 Å². The molecule has 1 unspecified atom stereocenters. The third kappa shape index (κ3) is 8.57. The summed E-state index contributed by atoms with van der Waals surface area (Å²) >= 11 is 0. The van der Waals surface area contributed by atoms with E-state index in [9.17, 15) is 9.59 Å². The first-order chi connectivity index (χ1) is 14.5. The third-order valence-corrected chi connectivity index (χ3v) is 4.65. The fraction of sp³-hybridized carbons (Fsp3) is 0.375. The number of carboxylic acids is 1. The van der Waals surface area contributed by atoms with Gasteiger partial charge in [-0.3, -0.25) is 14.6 Å². The highest BCUT2D eigenvalue weighted by Gasteiger charge is 2.11. The van der Waals surface area contributed by atoms with Crippen LogP contribution in [0.1, 0.15) is 50.7 Å². The van der Waals surface area contributed by atoms with Gasteiger partial charge in [-0.15, -0.1) is 0 Å². The minimum atomic E-state index is -0.876. The van der Waals surface area contributed by atoms with E-state index in [4.69, 9.17) is 5.11 Å². The Balaban J connectivity index is 1.78. The van der Waals surface area contributed by atoms with E-state index >= 15 is 0 Å². The number of hydrogen-bond donors (Lipinski definition) is 3. The number of aliphatic carboxylic acids is 1. The summed E-state index contributed by atoms with van der Waals surface area (Å²) in [6.07, 6.45) is 2.16. The zero-order valence-electron chi connectivity index (χ0n) is 17.7. The summed E-state index contributed by atoms with van der Waals surface area (Å²) in [7, 11) is 0. The minimum Gasteiger partial charge on any atom is -0.481 e. The number of benzene rings is 2. The lowest BCUT2D eigenvalue weighted by Crippen LogP contribution is -2.17. The first-order valence-corrected chi connectivity index (χ1v) is 10.4. The maximum Gasteiger partial charge on any atom is 0.305 e. The second-order valence-corrected chi connectivity index (χ2v) is 7.37. The van der Waals surface area contributed by atoms with Crippen LogP contribution in [0.4, 0.5) is 5.69 Å². The van der Waals surface area contributed by atoms with Crippen LogP contribution in [-0.4, -0.2) is 35.3 Å². The summed E-state index contributed by atoms with van der Waals surface area (Å²) in [4.78, 5) is 27.7. The Bertz CT molecular complexity index is 850. The summed E-state index contributed by atoms with van der Waals surface area (Å²) in [5, 5.41) is 15.3. The number of amides is 1. The Morgan fingerprint density at radius 2 is 1.73 bits per heavy atom. The van der Waals surface area contributed by atoms with Crippen LogP contribution < -0.4 is 10.6 Å². The van der Waals surface area contributed by atoms with Crippen molar-refractivity contribution in [1.82, 2.24) is 5.32 Å². The van der Waals surface area contributed by atoms with Crippen LogP contribution in [0.2, 0.25) is 0 Å². The first-order valence-electron chi connectivity index (χ1n) is 10.4. The van der Waals surface area contributed by atoms with E-state index in [1.54, 1.807) is 6.92 Å². The topological polar surface area (TPSA) is 90.8 Å². The lowest BCUT2D eigenvalue weighted by atomic mass is 10.1. The predicted molar refractivity (Wildman–Crippen MR) is 121 cm³/mol. The summed E-state index contributed by atoms with van der Waals surface area (Å²) in [6, 6.07) is 17.4. The molecule has 6 nitrogen and oxygen atoms in total. The van der Waals surface area contributed by atoms with Gasteiger partial charge in [0.2, 0.25) is 5.91 Å². The molecule has 0 saturated carbocycles. The van der Waals surface area contributed by atoms with Gasteiger partial charge in [0.25, 0.3) is 0 Å². The van der Waals surface area contributed by atoms with Crippen molar-refractivity contribution in [3.63, 3.8) is 0 Å². The monoisotopic (exact) mass is 409 g/mol. The molecule has 0 aliphatic carbocycles. The molecule has 3 N–H and O–H groups in total. The molecule has 2 aromatic rings. The summed E-state index contributed by atoms with van der Waals surface area (Å²) < 4.78 is 0. The summed E-state index contributed by atoms with van der Waals surface area (Å²) in [5.41, 5.74) is 3.48. The highest BCUT2D eigenvalue weighted by Crippen LogP contribution is 2.18. The second kappa shape index (κ2) is 12.5. The SMILES string of the molecule is CC(=NC(C)CC(=O)O)c1ccccc1NC(=O)CCCCNCc1ccccc1. The fourth-order valence-electron chi connectivity index (χ4n) is 3.18. The van der Waals surface area contributed by atoms with Gasteiger partial charge in [-0.05, 0) is 44.9 Å². The number of carbonyl (C=O) groups excluding carboxylic acids is 1. The van der Waals surface area contributed by atoms with Gasteiger partial charge < -0.3 is 15.7 Å². The summed E-state index contributed by atoms with van der Waals surface area (Å²) in [6.45, 7) is 5.30. The molecule has 0 heterocycles. The van der Waals surface area contributed by atoms with Crippen LogP contribution in [0.25, 0.3) is 0 Å². The lowest BCUT2D eigenvalue weighted by molar-refractivity contribution is -0.137. The van der Waals surface area contributed by atoms with Gasteiger partial charge in [0.1, 0.15) is 0 Å². The average molecular weight is 410 g/mol. The van der Waals surface area contributed by atoms with Crippen LogP contribution in [0.3, 0.4) is 0 Å². The Morgan fingerprint density at radius 3 is 2.47 bits per heavy atom. The number of rotatable bonds is 12. The van der Waals surface area contributed by atoms with E-state index in [-0.39, 0.29) is 18.4 Å². The molecule has 1 amide bonds. The molecule has 0 aliphatic rings. The predicted octanol–water partition coefficient (Wildman–Crippen LogP) is 4.26. The van der Waals surface area contributed by atoms with Crippen LogP contribution in [0.15, 0.2) is 59.6 Å². The van der Waals surface area contributed by atoms with Gasteiger partial charge >= 0.3 is 5.97 Å². The lowest BCUT2D eigenvalue weighted by Gasteiger charge is -2.12. The molecular weight excluding hydrogens is 378 g/mol. The first kappa shape index (κ1) is 23.3. The zero-order chi connectivity index (χ0) is 21.8. The van der Waals surface area contributed by atoms with Gasteiger partial charge in [-0.2, -0.15) is 0 Å². The molecule has 6 heteroatoms. The standard InChI is InChI=1S/C24H31N3O3/c1-18(16-24(29)30)26-19(2)21-12-6-7-13-22(21)27-23(28)14-8-9-15-25-17-20-10-4-3-5-11-20/h3-7,10-13,18,25H,8-9,14-17H2,1-2H3,(H,27,28)(H,29,30). The molecule has 30 heavy (non-hydrogen) atoms. The number of carboxylic acid groups (broad SMARTS) is 1. The molecule has 160 valence electrons. The van der Waals surface area contributed by atoms with Crippen molar-refractivity contribution >= 4 is 23.3 Å². The van der Waals surface area contributed by atoms with Gasteiger partial charge in [0.15, 0.2) is 0 Å². The number of hydrogen-bond acceptors (Lipinski definition) is 4. The van der Waals surface area contributed by atoms with E-state index in [0.717, 1.165) is 31.5 Å². The average Bonchev–Trinajstić information content (AvgIpc) is 2.71. The van der Waals surface area contributed by atoms with Crippen molar-refractivity contribution in [3.8, 4) is 0 Å². The minimum absolute atomic E-state index is 0.0236. The molecule has 1 atom stereocenters. The highest BCUT2D eigenvalue weighted by molar-refractivity contribution is 6.06. The van der Waals surface area contributed by atoms with Gasteiger partial charge in [-0.25, -0.2) is 0 Å². The number of aliphatic imine (C=N–C) groups is 1. The number of carbonyl (C=O) groups is 2. The number of anilines is 1. The Morgan fingerprint density at radius 1 is 1.03 bits per heavy atom. The Kier molecular flexibility index (Phi) is 9.74. The molecule has 0 bridgehead atoms. The highest BCUT2D eigenvalue weighted by atomic mass is 16.4. The smallest absolute Gasteiger partial charge is 0.305 e. The van der Waals surface area contributed by atoms with Crippen LogP contribution in [-0.2, 0) is 16.1 Å². The Hall–Kier alpha value is -2.99. The van der Waals surface area contributed by atoms with Gasteiger partial charge in [-0.1, -0.05) is 48.5 Å². The maximum atomic E-state index is 12.4. The van der Waals surface area contributed by atoms with Crippen molar-refractivity contribution in [2.75, 3.05) is 11.9 Å². The van der Waals surface area contributed by atoms with Crippen molar-refractivity contribution in [2.45, 2.75) is 52.1 Å². The van der Waals surface area contributed by atoms with Crippen molar-refractivity contribution in [2.24, 2.45) is 4.99 Å². The van der Waals surface area contributed by atoms with Gasteiger partial charge in [0, 0.05) is 29.9 Å². The van der Waals surface area contributed by atoms with E-state index in [1.807, 2.05) is 49.4 Å². The van der Waals surface area contributed by atoms with Crippen molar-refractivity contribution < 1.29 is 14.7 Å². The number of para-hydroxylation sites is 1. The fourth-order valence-corrected chi connectivity index (χ4v) is 3.18. The summed E-state index contributed by atoms with van der Waals surface area (Å²) in [5.74, 6) is -0.907. The molecule has 0 aromatic heterocycles. The Labute approximate surface area is 178 Å². The molecule has 2 aromatic carbocycles.